The van der Waals surface area contributed by atoms with Gasteiger partial charge in [-0.1, -0.05) is 0 Å². The molecule has 1 aliphatic rings. The molecule has 0 unspecified atom stereocenters. The van der Waals surface area contributed by atoms with Crippen LogP contribution in [0.3, 0.4) is 0 Å². The molecule has 7 heteroatoms. The maximum Gasteiger partial charge on any atom is 0.255 e. The summed E-state index contributed by atoms with van der Waals surface area (Å²) >= 11 is 0. The number of pyridine rings is 1. The molecule has 3 rings (SSSR count). The smallest absolute Gasteiger partial charge is 0.255 e. The maximum atomic E-state index is 12.7. The highest BCUT2D eigenvalue weighted by molar-refractivity contribution is 5.94. The molecule has 2 aromatic heterocycles. The lowest BCUT2D eigenvalue weighted by molar-refractivity contribution is -0.119. The largest absolute Gasteiger partial charge is 0.351 e. The Morgan fingerprint density at radius 1 is 1.29 bits per heavy atom. The van der Waals surface area contributed by atoms with Crippen LogP contribution in [-0.4, -0.2) is 38.2 Å². The highest BCUT2D eigenvalue weighted by Crippen LogP contribution is 2.31. The first-order valence-electron chi connectivity index (χ1n) is 7.91. The first-order chi connectivity index (χ1) is 11.6. The molecule has 3 heterocycles. The number of carbonyl (C=O) groups excluding carboxylic acids is 2. The van der Waals surface area contributed by atoms with Crippen LogP contribution < -0.4 is 5.32 Å². The van der Waals surface area contributed by atoms with Gasteiger partial charge in [-0.3, -0.25) is 24.5 Å². The average Bonchev–Trinajstić information content (AvgIpc) is 3.10. The number of hydrogen-bond donors (Lipinski definition) is 1. The van der Waals surface area contributed by atoms with E-state index in [-0.39, 0.29) is 17.9 Å². The maximum absolute atomic E-state index is 12.7. The van der Waals surface area contributed by atoms with Gasteiger partial charge in [-0.25, -0.2) is 0 Å². The summed E-state index contributed by atoms with van der Waals surface area (Å²) < 4.78 is 0. The quantitative estimate of drug-likeness (QED) is 0.920. The van der Waals surface area contributed by atoms with Gasteiger partial charge in [-0.15, -0.1) is 0 Å². The molecule has 7 nitrogen and oxygen atoms in total. The molecule has 1 saturated heterocycles. The first-order valence-corrected chi connectivity index (χ1v) is 7.91. The molecule has 0 saturated carbocycles. The molecule has 0 aliphatic carbocycles. The summed E-state index contributed by atoms with van der Waals surface area (Å²) in [4.78, 5) is 38.4. The van der Waals surface area contributed by atoms with Crippen LogP contribution in [0.2, 0.25) is 0 Å². The van der Waals surface area contributed by atoms with E-state index in [1.54, 1.807) is 36.9 Å². The highest BCUT2D eigenvalue weighted by atomic mass is 16.2. The molecule has 2 amide bonds. The SMILES string of the molecule is CC(=O)NCc1cncc([C@@H]2CCCN2C(=O)c2cccnc2)n1. The molecule has 1 aliphatic heterocycles. The summed E-state index contributed by atoms with van der Waals surface area (Å²) in [5.41, 5.74) is 2.02. The van der Waals surface area contributed by atoms with E-state index in [1.807, 2.05) is 4.90 Å². The fourth-order valence-electron chi connectivity index (χ4n) is 2.86. The van der Waals surface area contributed by atoms with Gasteiger partial charge in [0, 0.05) is 25.9 Å². The van der Waals surface area contributed by atoms with Gasteiger partial charge in [0.05, 0.1) is 41.9 Å². The minimum absolute atomic E-state index is 0.0420. The van der Waals surface area contributed by atoms with Crippen LogP contribution in [0.4, 0.5) is 0 Å². The van der Waals surface area contributed by atoms with Gasteiger partial charge < -0.3 is 10.2 Å². The number of hydrogen-bond acceptors (Lipinski definition) is 5. The average molecular weight is 325 g/mol. The van der Waals surface area contributed by atoms with Crippen molar-refractivity contribution in [1.29, 1.82) is 0 Å². The van der Waals surface area contributed by atoms with Gasteiger partial charge >= 0.3 is 0 Å². The lowest BCUT2D eigenvalue weighted by Crippen LogP contribution is -2.31. The fraction of sp³-hybridized carbons (Fsp3) is 0.353. The van der Waals surface area contributed by atoms with E-state index in [9.17, 15) is 9.59 Å². The molecule has 0 radical (unpaired) electrons. The summed E-state index contributed by atoms with van der Waals surface area (Å²) in [6.07, 6.45) is 8.32. The Hall–Kier alpha value is -2.83. The van der Waals surface area contributed by atoms with E-state index in [1.165, 1.54) is 6.92 Å². The van der Waals surface area contributed by atoms with Crippen molar-refractivity contribution in [2.24, 2.45) is 0 Å². The summed E-state index contributed by atoms with van der Waals surface area (Å²) in [6, 6.07) is 3.43. The number of nitrogens with one attached hydrogen (secondary N) is 1. The highest BCUT2D eigenvalue weighted by Gasteiger charge is 2.31. The Balaban J connectivity index is 1.79. The van der Waals surface area contributed by atoms with Crippen LogP contribution in [-0.2, 0) is 11.3 Å². The summed E-state index contributed by atoms with van der Waals surface area (Å²) in [5.74, 6) is -0.156. The van der Waals surface area contributed by atoms with Crippen molar-refractivity contribution in [3.63, 3.8) is 0 Å². The monoisotopic (exact) mass is 325 g/mol. The zero-order valence-electron chi connectivity index (χ0n) is 13.5. The molecule has 1 N–H and O–H groups in total. The van der Waals surface area contributed by atoms with Crippen molar-refractivity contribution in [2.45, 2.75) is 32.4 Å². The molecule has 0 bridgehead atoms. The zero-order valence-corrected chi connectivity index (χ0v) is 13.5. The Kier molecular flexibility index (Phi) is 4.79. The normalized spacial score (nSPS) is 16.9. The van der Waals surface area contributed by atoms with Gasteiger partial charge in [0.1, 0.15) is 0 Å². The van der Waals surface area contributed by atoms with Crippen LogP contribution in [0.15, 0.2) is 36.9 Å². The van der Waals surface area contributed by atoms with Gasteiger partial charge in [0.25, 0.3) is 5.91 Å². The third-order valence-electron chi connectivity index (χ3n) is 3.99. The zero-order chi connectivity index (χ0) is 16.9. The third kappa shape index (κ3) is 3.56. The summed E-state index contributed by atoms with van der Waals surface area (Å²) in [6.45, 7) is 2.48. The number of amides is 2. The second-order valence-corrected chi connectivity index (χ2v) is 5.74. The lowest BCUT2D eigenvalue weighted by Gasteiger charge is -2.24. The van der Waals surface area contributed by atoms with Crippen molar-refractivity contribution in [3.8, 4) is 0 Å². The molecule has 1 atom stereocenters. The van der Waals surface area contributed by atoms with Crippen LogP contribution in [0, 0.1) is 0 Å². The van der Waals surface area contributed by atoms with E-state index in [4.69, 9.17) is 0 Å². The Labute approximate surface area is 140 Å². The number of carbonyl (C=O) groups is 2. The van der Waals surface area contributed by atoms with E-state index < -0.39 is 0 Å². The topological polar surface area (TPSA) is 88.1 Å². The minimum Gasteiger partial charge on any atom is -0.351 e. The fourth-order valence-corrected chi connectivity index (χ4v) is 2.86. The van der Waals surface area contributed by atoms with E-state index >= 15 is 0 Å². The Morgan fingerprint density at radius 3 is 2.92 bits per heavy atom. The Bertz CT molecular complexity index is 735. The second-order valence-electron chi connectivity index (χ2n) is 5.74. The number of nitrogens with zero attached hydrogens (tertiary/aromatic N) is 4. The predicted molar refractivity (Wildman–Crippen MR) is 86.8 cm³/mol. The molecule has 124 valence electrons. The third-order valence-corrected chi connectivity index (χ3v) is 3.99. The number of aromatic nitrogens is 3. The molecule has 24 heavy (non-hydrogen) atoms. The van der Waals surface area contributed by atoms with E-state index in [0.29, 0.717) is 24.3 Å². The Morgan fingerprint density at radius 2 is 2.17 bits per heavy atom. The summed E-state index contributed by atoms with van der Waals surface area (Å²) in [7, 11) is 0. The molecular formula is C17H19N5O2. The van der Waals surface area contributed by atoms with Crippen molar-refractivity contribution in [2.75, 3.05) is 6.54 Å². The van der Waals surface area contributed by atoms with Gasteiger partial charge in [0.2, 0.25) is 5.91 Å². The number of rotatable bonds is 4. The van der Waals surface area contributed by atoms with E-state index in [0.717, 1.165) is 18.5 Å². The predicted octanol–water partition coefficient (Wildman–Crippen LogP) is 1.48. The van der Waals surface area contributed by atoms with Gasteiger partial charge in [0.15, 0.2) is 0 Å². The van der Waals surface area contributed by atoms with Crippen LogP contribution in [0.25, 0.3) is 0 Å². The van der Waals surface area contributed by atoms with Crippen molar-refractivity contribution in [3.05, 3.63) is 53.9 Å². The van der Waals surface area contributed by atoms with Crippen LogP contribution >= 0.6 is 0 Å². The minimum atomic E-state index is -0.114. The van der Waals surface area contributed by atoms with Crippen LogP contribution in [0.1, 0.15) is 47.6 Å². The molecular weight excluding hydrogens is 306 g/mol. The molecule has 1 fully saturated rings. The second kappa shape index (κ2) is 7.16. The first kappa shape index (κ1) is 16.0. The van der Waals surface area contributed by atoms with Gasteiger partial charge in [-0.2, -0.15) is 0 Å². The lowest BCUT2D eigenvalue weighted by atomic mass is 10.1. The summed E-state index contributed by atoms with van der Waals surface area (Å²) in [5, 5.41) is 2.71. The van der Waals surface area contributed by atoms with Crippen LogP contribution in [0.5, 0.6) is 0 Å². The molecule has 0 spiro atoms. The van der Waals surface area contributed by atoms with Gasteiger partial charge in [-0.05, 0) is 25.0 Å². The van der Waals surface area contributed by atoms with E-state index in [2.05, 4.69) is 20.3 Å². The number of likely N-dealkylation sites (tertiary alicyclic amines) is 1. The molecule has 2 aromatic rings. The standard InChI is InChI=1S/C17H19N5O2/c1-12(23)20-10-14-9-19-11-15(21-14)16-5-3-7-22(16)17(24)13-4-2-6-18-8-13/h2,4,6,8-9,11,16H,3,5,7,10H2,1H3,(H,20,23)/t16-/m0/s1. The van der Waals surface area contributed by atoms with Crippen molar-refractivity contribution < 1.29 is 9.59 Å². The van der Waals surface area contributed by atoms with Crippen molar-refractivity contribution in [1.82, 2.24) is 25.2 Å². The van der Waals surface area contributed by atoms with Crippen molar-refractivity contribution >= 4 is 11.8 Å². The molecule has 0 aromatic carbocycles.